The zero-order chi connectivity index (χ0) is 18.0. The van der Waals surface area contributed by atoms with Crippen molar-refractivity contribution in [2.24, 2.45) is 0 Å². The first-order valence-electron chi connectivity index (χ1n) is 8.68. The highest BCUT2D eigenvalue weighted by Crippen LogP contribution is 2.32. The molecule has 1 atom stereocenters. The molecule has 2 aliphatic rings. The van der Waals surface area contributed by atoms with Crippen molar-refractivity contribution in [3.05, 3.63) is 17.7 Å². The fourth-order valence-corrected chi connectivity index (χ4v) is 4.66. The summed E-state index contributed by atoms with van der Waals surface area (Å²) < 4.78 is 33.3. The molecule has 1 unspecified atom stereocenters. The Bertz CT molecular complexity index is 763. The molecule has 2 heterocycles. The summed E-state index contributed by atoms with van der Waals surface area (Å²) in [6, 6.07) is 3.62. The Balaban J connectivity index is 1.68. The normalized spacial score (nSPS) is 21.4. The molecule has 0 bridgehead atoms. The van der Waals surface area contributed by atoms with E-state index in [4.69, 9.17) is 4.74 Å². The van der Waals surface area contributed by atoms with Crippen molar-refractivity contribution in [2.45, 2.75) is 44.0 Å². The molecular formula is C17H25N3O4S. The Morgan fingerprint density at radius 2 is 2.16 bits per heavy atom. The third kappa shape index (κ3) is 4.13. The largest absolute Gasteiger partial charge is 0.482 e. The highest BCUT2D eigenvalue weighted by Gasteiger charge is 2.24. The van der Waals surface area contributed by atoms with Gasteiger partial charge in [-0.15, -0.1) is 0 Å². The Hall–Kier alpha value is -1.64. The van der Waals surface area contributed by atoms with Crippen molar-refractivity contribution in [3.8, 4) is 5.75 Å². The number of anilines is 1. The molecule has 1 aromatic rings. The molecule has 0 saturated carbocycles. The molecule has 0 aliphatic carbocycles. The number of benzene rings is 1. The summed E-state index contributed by atoms with van der Waals surface area (Å²) in [4.78, 5) is 13.9. The smallest absolute Gasteiger partial charge is 0.262 e. The van der Waals surface area contributed by atoms with Crippen LogP contribution in [0.25, 0.3) is 0 Å². The van der Waals surface area contributed by atoms with Gasteiger partial charge in [-0.1, -0.05) is 6.42 Å². The fraction of sp³-hybridized carbons (Fsp3) is 0.588. The van der Waals surface area contributed by atoms with Gasteiger partial charge in [0.2, 0.25) is 10.0 Å². The van der Waals surface area contributed by atoms with Gasteiger partial charge in [0.25, 0.3) is 5.91 Å². The van der Waals surface area contributed by atoms with Gasteiger partial charge in [0.05, 0.1) is 10.6 Å². The van der Waals surface area contributed by atoms with E-state index in [0.29, 0.717) is 36.1 Å². The van der Waals surface area contributed by atoms with E-state index < -0.39 is 10.0 Å². The van der Waals surface area contributed by atoms with Crippen LogP contribution in [0.15, 0.2) is 17.0 Å². The number of piperidine rings is 1. The van der Waals surface area contributed by atoms with Crippen LogP contribution in [0.2, 0.25) is 0 Å². The Morgan fingerprint density at radius 1 is 1.36 bits per heavy atom. The summed E-state index contributed by atoms with van der Waals surface area (Å²) >= 11 is 0. The summed E-state index contributed by atoms with van der Waals surface area (Å²) in [6.45, 7) is 5.90. The molecule has 2 N–H and O–H groups in total. The van der Waals surface area contributed by atoms with E-state index in [1.165, 1.54) is 25.3 Å². The summed E-state index contributed by atoms with van der Waals surface area (Å²) in [5.74, 6) is 0.145. The van der Waals surface area contributed by atoms with Crippen LogP contribution < -0.4 is 14.8 Å². The van der Waals surface area contributed by atoms with E-state index in [9.17, 15) is 13.2 Å². The molecule has 0 aromatic heterocycles. The molecule has 0 spiro atoms. The minimum Gasteiger partial charge on any atom is -0.482 e. The second-order valence-corrected chi connectivity index (χ2v) is 8.46. The number of nitrogens with one attached hydrogen (secondary N) is 2. The number of carbonyl (C=O) groups is 1. The van der Waals surface area contributed by atoms with Gasteiger partial charge in [-0.05, 0) is 44.9 Å². The second-order valence-electron chi connectivity index (χ2n) is 6.73. The maximum Gasteiger partial charge on any atom is 0.262 e. The van der Waals surface area contributed by atoms with Gasteiger partial charge in [-0.25, -0.2) is 13.1 Å². The predicted molar refractivity (Wildman–Crippen MR) is 95.4 cm³/mol. The quantitative estimate of drug-likeness (QED) is 0.823. The van der Waals surface area contributed by atoms with Gasteiger partial charge < -0.3 is 10.1 Å². The fourth-order valence-electron chi connectivity index (χ4n) is 3.40. The molecule has 1 aromatic carbocycles. The van der Waals surface area contributed by atoms with Crippen LogP contribution in [0, 0.1) is 6.92 Å². The highest BCUT2D eigenvalue weighted by atomic mass is 32.2. The monoisotopic (exact) mass is 367 g/mol. The first-order valence-corrected chi connectivity index (χ1v) is 10.2. The molecule has 1 amide bonds. The molecule has 1 saturated heterocycles. The third-order valence-corrected chi connectivity index (χ3v) is 6.43. The van der Waals surface area contributed by atoms with E-state index in [2.05, 4.69) is 21.9 Å². The van der Waals surface area contributed by atoms with Crippen molar-refractivity contribution in [1.29, 1.82) is 0 Å². The average molecular weight is 367 g/mol. The van der Waals surface area contributed by atoms with Gasteiger partial charge in [0, 0.05) is 25.2 Å². The molecule has 8 heteroatoms. The van der Waals surface area contributed by atoms with Crippen molar-refractivity contribution < 1.29 is 17.9 Å². The number of aryl methyl sites for hydroxylation is 1. The molecule has 138 valence electrons. The number of sulfonamides is 1. The van der Waals surface area contributed by atoms with E-state index in [1.807, 2.05) is 0 Å². The van der Waals surface area contributed by atoms with Crippen LogP contribution in [0.5, 0.6) is 5.75 Å². The van der Waals surface area contributed by atoms with E-state index in [1.54, 1.807) is 13.0 Å². The summed E-state index contributed by atoms with van der Waals surface area (Å²) in [5.41, 5.74) is 1.08. The number of ether oxygens (including phenoxy) is 1. The zero-order valence-corrected chi connectivity index (χ0v) is 15.5. The van der Waals surface area contributed by atoms with E-state index in [-0.39, 0.29) is 17.4 Å². The Labute approximate surface area is 148 Å². The maximum atomic E-state index is 12.7. The molecule has 7 nitrogen and oxygen atoms in total. The second kappa shape index (κ2) is 7.31. The zero-order valence-electron chi connectivity index (χ0n) is 14.7. The average Bonchev–Trinajstić information content (AvgIpc) is 2.55. The number of nitrogens with zero attached hydrogens (tertiary/aromatic N) is 1. The highest BCUT2D eigenvalue weighted by molar-refractivity contribution is 7.89. The lowest BCUT2D eigenvalue weighted by atomic mass is 10.0. The summed E-state index contributed by atoms with van der Waals surface area (Å²) in [5, 5.41) is 2.68. The molecular weight excluding hydrogens is 342 g/mol. The third-order valence-electron chi connectivity index (χ3n) is 4.83. The number of likely N-dealkylation sites (tertiary alicyclic amines) is 1. The number of hydrogen-bond donors (Lipinski definition) is 2. The molecule has 0 radical (unpaired) electrons. The standard InChI is InChI=1S/C17H25N3O4S/c1-12-9-14-15(24-11-17(21)19-14)10-16(12)25(22,23)18-6-8-20-7-4-3-5-13(20)2/h9-10,13,18H,3-8,11H2,1-2H3,(H,19,21). The maximum absolute atomic E-state index is 12.7. The van der Waals surface area contributed by atoms with Crippen LogP contribution in [0.4, 0.5) is 5.69 Å². The summed E-state index contributed by atoms with van der Waals surface area (Å²) in [6.07, 6.45) is 3.58. The molecule has 2 aliphatic heterocycles. The lowest BCUT2D eigenvalue weighted by molar-refractivity contribution is -0.118. The van der Waals surface area contributed by atoms with Crippen LogP contribution in [0.1, 0.15) is 31.7 Å². The van der Waals surface area contributed by atoms with Crippen LogP contribution >= 0.6 is 0 Å². The number of rotatable bonds is 5. The minimum atomic E-state index is -3.63. The van der Waals surface area contributed by atoms with Gasteiger partial charge in [-0.2, -0.15) is 0 Å². The number of fused-ring (bicyclic) bond motifs is 1. The number of amides is 1. The van der Waals surface area contributed by atoms with Crippen molar-refractivity contribution >= 4 is 21.6 Å². The minimum absolute atomic E-state index is 0.101. The first kappa shape index (κ1) is 18.2. The predicted octanol–water partition coefficient (Wildman–Crippen LogP) is 1.48. The molecule has 25 heavy (non-hydrogen) atoms. The van der Waals surface area contributed by atoms with Crippen LogP contribution in [-0.2, 0) is 14.8 Å². The number of hydrogen-bond acceptors (Lipinski definition) is 5. The molecule has 1 fully saturated rings. The lowest BCUT2D eigenvalue weighted by Crippen LogP contribution is -2.42. The number of carbonyl (C=O) groups excluding carboxylic acids is 1. The van der Waals surface area contributed by atoms with E-state index in [0.717, 1.165) is 6.54 Å². The lowest BCUT2D eigenvalue weighted by Gasteiger charge is -2.33. The first-order chi connectivity index (χ1) is 11.9. The van der Waals surface area contributed by atoms with Gasteiger partial charge in [0.15, 0.2) is 6.61 Å². The Kier molecular flexibility index (Phi) is 5.31. The topological polar surface area (TPSA) is 87.7 Å². The van der Waals surface area contributed by atoms with Gasteiger partial charge in [0.1, 0.15) is 5.75 Å². The summed E-state index contributed by atoms with van der Waals surface area (Å²) in [7, 11) is -3.63. The van der Waals surface area contributed by atoms with Crippen molar-refractivity contribution in [1.82, 2.24) is 9.62 Å². The van der Waals surface area contributed by atoms with Gasteiger partial charge in [-0.3, -0.25) is 9.69 Å². The van der Waals surface area contributed by atoms with Crippen molar-refractivity contribution in [2.75, 3.05) is 31.6 Å². The van der Waals surface area contributed by atoms with Crippen LogP contribution in [0.3, 0.4) is 0 Å². The van der Waals surface area contributed by atoms with Crippen LogP contribution in [-0.4, -0.2) is 51.5 Å². The van der Waals surface area contributed by atoms with Gasteiger partial charge >= 0.3 is 0 Å². The Morgan fingerprint density at radius 3 is 2.92 bits per heavy atom. The molecule has 3 rings (SSSR count). The van der Waals surface area contributed by atoms with E-state index >= 15 is 0 Å². The SMILES string of the molecule is Cc1cc2c(cc1S(=O)(=O)NCCN1CCCCC1C)OCC(=O)N2. The van der Waals surface area contributed by atoms with Crippen molar-refractivity contribution in [3.63, 3.8) is 0 Å².